The Labute approximate surface area is 117 Å². The van der Waals surface area contributed by atoms with E-state index in [9.17, 15) is 9.50 Å². The molecule has 1 aliphatic carbocycles. The van der Waals surface area contributed by atoms with Crippen molar-refractivity contribution in [2.45, 2.75) is 43.9 Å². The number of hydrogen-bond donors (Lipinski definition) is 1. The van der Waals surface area contributed by atoms with Gasteiger partial charge in [0.1, 0.15) is 11.4 Å². The predicted molar refractivity (Wildman–Crippen MR) is 73.9 cm³/mol. The lowest BCUT2D eigenvalue weighted by atomic mass is 9.97. The Morgan fingerprint density at radius 1 is 1.40 bits per heavy atom. The van der Waals surface area contributed by atoms with Crippen LogP contribution in [0, 0.1) is 5.82 Å². The van der Waals surface area contributed by atoms with E-state index in [0.29, 0.717) is 36.2 Å². The summed E-state index contributed by atoms with van der Waals surface area (Å²) >= 11 is 0. The van der Waals surface area contributed by atoms with Gasteiger partial charge in [0.05, 0.1) is 0 Å². The SMILES string of the molecule is CC1CC(O)(c2cc3cccc(F)c3o2)CN1C1CC1. The fourth-order valence-electron chi connectivity index (χ4n) is 3.46. The first kappa shape index (κ1) is 12.4. The van der Waals surface area contributed by atoms with Crippen LogP contribution in [-0.4, -0.2) is 28.6 Å². The Balaban J connectivity index is 1.73. The highest BCUT2D eigenvalue weighted by atomic mass is 19.1. The van der Waals surface area contributed by atoms with E-state index >= 15 is 0 Å². The van der Waals surface area contributed by atoms with Gasteiger partial charge in [-0.05, 0) is 38.3 Å². The maximum atomic E-state index is 13.7. The van der Waals surface area contributed by atoms with Crippen molar-refractivity contribution in [2.75, 3.05) is 6.54 Å². The second kappa shape index (κ2) is 4.06. The van der Waals surface area contributed by atoms with Crippen LogP contribution in [0.3, 0.4) is 0 Å². The molecule has 0 bridgehead atoms. The van der Waals surface area contributed by atoms with Crippen LogP contribution in [-0.2, 0) is 5.60 Å². The number of furan rings is 1. The normalized spacial score (nSPS) is 31.2. The van der Waals surface area contributed by atoms with E-state index in [1.165, 1.54) is 18.9 Å². The molecule has 2 unspecified atom stereocenters. The zero-order valence-electron chi connectivity index (χ0n) is 11.5. The number of para-hydroxylation sites is 1. The summed E-state index contributed by atoms with van der Waals surface area (Å²) in [6.45, 7) is 2.72. The summed E-state index contributed by atoms with van der Waals surface area (Å²) in [5.41, 5.74) is -0.749. The first-order valence-corrected chi connectivity index (χ1v) is 7.23. The Bertz CT molecular complexity index is 664. The molecule has 1 aromatic heterocycles. The molecule has 4 rings (SSSR count). The van der Waals surface area contributed by atoms with E-state index in [-0.39, 0.29) is 11.4 Å². The molecule has 2 atom stereocenters. The summed E-state index contributed by atoms with van der Waals surface area (Å²) in [6, 6.07) is 7.58. The quantitative estimate of drug-likeness (QED) is 0.915. The van der Waals surface area contributed by atoms with Crippen LogP contribution >= 0.6 is 0 Å². The molecule has 1 saturated heterocycles. The minimum absolute atomic E-state index is 0.244. The van der Waals surface area contributed by atoms with Crippen molar-refractivity contribution in [3.8, 4) is 0 Å². The molecule has 106 valence electrons. The van der Waals surface area contributed by atoms with Crippen molar-refractivity contribution in [1.29, 1.82) is 0 Å². The summed E-state index contributed by atoms with van der Waals surface area (Å²) in [5.74, 6) is 0.120. The summed E-state index contributed by atoms with van der Waals surface area (Å²) in [7, 11) is 0. The average Bonchev–Trinajstić information content (AvgIpc) is 3.05. The second-order valence-corrected chi connectivity index (χ2v) is 6.26. The Morgan fingerprint density at radius 3 is 2.90 bits per heavy atom. The number of likely N-dealkylation sites (tertiary alicyclic amines) is 1. The summed E-state index contributed by atoms with van der Waals surface area (Å²) in [6.07, 6.45) is 3.08. The predicted octanol–water partition coefficient (Wildman–Crippen LogP) is 3.02. The van der Waals surface area contributed by atoms with Crippen LogP contribution in [0.15, 0.2) is 28.7 Å². The number of hydrogen-bond acceptors (Lipinski definition) is 3. The molecule has 2 fully saturated rings. The Kier molecular flexibility index (Phi) is 2.51. The van der Waals surface area contributed by atoms with Gasteiger partial charge >= 0.3 is 0 Å². The van der Waals surface area contributed by atoms with Crippen LogP contribution in [0.1, 0.15) is 31.9 Å². The van der Waals surface area contributed by atoms with Crippen molar-refractivity contribution in [3.05, 3.63) is 35.8 Å². The highest BCUT2D eigenvalue weighted by Gasteiger charge is 2.48. The minimum atomic E-state index is -0.993. The maximum absolute atomic E-state index is 13.7. The van der Waals surface area contributed by atoms with Gasteiger partial charge in [0.25, 0.3) is 0 Å². The lowest BCUT2D eigenvalue weighted by Gasteiger charge is -2.21. The number of benzene rings is 1. The summed E-state index contributed by atoms with van der Waals surface area (Å²) in [5, 5.41) is 11.6. The van der Waals surface area contributed by atoms with E-state index in [4.69, 9.17) is 4.42 Å². The maximum Gasteiger partial charge on any atom is 0.170 e. The number of fused-ring (bicyclic) bond motifs is 1. The van der Waals surface area contributed by atoms with Gasteiger partial charge in [0.15, 0.2) is 11.4 Å². The van der Waals surface area contributed by atoms with Crippen molar-refractivity contribution in [1.82, 2.24) is 4.90 Å². The van der Waals surface area contributed by atoms with E-state index in [1.54, 1.807) is 12.1 Å². The van der Waals surface area contributed by atoms with Gasteiger partial charge in [-0.2, -0.15) is 0 Å². The lowest BCUT2D eigenvalue weighted by Crippen LogP contribution is -2.33. The molecule has 2 aromatic rings. The third-order valence-electron chi connectivity index (χ3n) is 4.61. The topological polar surface area (TPSA) is 36.6 Å². The lowest BCUT2D eigenvalue weighted by molar-refractivity contribution is 0.0248. The minimum Gasteiger partial charge on any atom is -0.455 e. The van der Waals surface area contributed by atoms with Crippen LogP contribution in [0.2, 0.25) is 0 Å². The molecular formula is C16H18FNO2. The van der Waals surface area contributed by atoms with Crippen LogP contribution in [0.4, 0.5) is 4.39 Å². The van der Waals surface area contributed by atoms with Gasteiger partial charge in [-0.25, -0.2) is 4.39 Å². The molecule has 1 aromatic carbocycles. The van der Waals surface area contributed by atoms with Gasteiger partial charge in [-0.3, -0.25) is 4.90 Å². The van der Waals surface area contributed by atoms with Crippen LogP contribution < -0.4 is 0 Å². The second-order valence-electron chi connectivity index (χ2n) is 6.26. The van der Waals surface area contributed by atoms with E-state index in [0.717, 1.165) is 0 Å². The molecule has 0 spiro atoms. The van der Waals surface area contributed by atoms with Crippen molar-refractivity contribution < 1.29 is 13.9 Å². The van der Waals surface area contributed by atoms with E-state index in [1.807, 2.05) is 6.07 Å². The highest BCUT2D eigenvalue weighted by Crippen LogP contribution is 2.43. The molecular weight excluding hydrogens is 257 g/mol. The van der Waals surface area contributed by atoms with Gasteiger partial charge in [0.2, 0.25) is 0 Å². The Hall–Kier alpha value is -1.39. The average molecular weight is 275 g/mol. The Morgan fingerprint density at radius 2 is 2.20 bits per heavy atom. The van der Waals surface area contributed by atoms with Gasteiger partial charge < -0.3 is 9.52 Å². The third kappa shape index (κ3) is 1.79. The molecule has 2 aliphatic rings. The molecule has 0 amide bonds. The fourth-order valence-corrected chi connectivity index (χ4v) is 3.46. The molecule has 3 nitrogen and oxygen atoms in total. The fraction of sp³-hybridized carbons (Fsp3) is 0.500. The van der Waals surface area contributed by atoms with Gasteiger partial charge in [0, 0.05) is 24.0 Å². The molecule has 2 heterocycles. The monoisotopic (exact) mass is 275 g/mol. The number of aliphatic hydroxyl groups is 1. The van der Waals surface area contributed by atoms with Gasteiger partial charge in [-0.15, -0.1) is 0 Å². The van der Waals surface area contributed by atoms with E-state index in [2.05, 4.69) is 11.8 Å². The largest absolute Gasteiger partial charge is 0.455 e. The molecule has 0 radical (unpaired) electrons. The summed E-state index contributed by atoms with van der Waals surface area (Å²) in [4.78, 5) is 2.35. The number of halogens is 1. The molecule has 1 N–H and O–H groups in total. The highest BCUT2D eigenvalue weighted by molar-refractivity contribution is 5.78. The number of β-amino-alcohol motifs (C(OH)–C–C–N with tert-alkyl or cyclic N) is 1. The van der Waals surface area contributed by atoms with Crippen LogP contribution in [0.5, 0.6) is 0 Å². The summed E-state index contributed by atoms with van der Waals surface area (Å²) < 4.78 is 19.3. The van der Waals surface area contributed by atoms with Gasteiger partial charge in [-0.1, -0.05) is 12.1 Å². The molecule has 1 saturated carbocycles. The smallest absolute Gasteiger partial charge is 0.170 e. The van der Waals surface area contributed by atoms with Crippen molar-refractivity contribution >= 4 is 11.0 Å². The number of rotatable bonds is 2. The molecule has 20 heavy (non-hydrogen) atoms. The molecule has 4 heteroatoms. The zero-order valence-corrected chi connectivity index (χ0v) is 11.5. The van der Waals surface area contributed by atoms with E-state index < -0.39 is 5.60 Å². The first-order chi connectivity index (χ1) is 9.57. The first-order valence-electron chi connectivity index (χ1n) is 7.23. The zero-order chi connectivity index (χ0) is 13.9. The standard InChI is InChI=1S/C16H18FNO2/c1-10-8-16(19,9-18(10)12-5-6-12)14-7-11-3-2-4-13(17)15(11)20-14/h2-4,7,10,12,19H,5-6,8-9H2,1H3. The van der Waals surface area contributed by atoms with Crippen LogP contribution in [0.25, 0.3) is 11.0 Å². The number of nitrogens with zero attached hydrogens (tertiary/aromatic N) is 1. The van der Waals surface area contributed by atoms with Crippen molar-refractivity contribution in [2.24, 2.45) is 0 Å². The molecule has 1 aliphatic heterocycles. The third-order valence-corrected chi connectivity index (χ3v) is 4.61. The van der Waals surface area contributed by atoms with Crippen molar-refractivity contribution in [3.63, 3.8) is 0 Å².